The number of benzene rings is 2. The van der Waals surface area contributed by atoms with Gasteiger partial charge in [-0.1, -0.05) is 12.1 Å². The van der Waals surface area contributed by atoms with Crippen LogP contribution in [0.15, 0.2) is 36.4 Å². The molecule has 2 heterocycles. The maximum atomic E-state index is 13.1. The second kappa shape index (κ2) is 8.31. The van der Waals surface area contributed by atoms with Gasteiger partial charge in [-0.15, -0.1) is 0 Å². The summed E-state index contributed by atoms with van der Waals surface area (Å²) in [7, 11) is 1.11. The first kappa shape index (κ1) is 20.7. The van der Waals surface area contributed by atoms with Crippen molar-refractivity contribution in [2.24, 2.45) is 0 Å². The van der Waals surface area contributed by atoms with E-state index >= 15 is 0 Å². The molecule has 9 nitrogen and oxygen atoms in total. The molecule has 0 aliphatic carbocycles. The molecule has 0 bridgehead atoms. The molecule has 162 valence electrons. The highest BCUT2D eigenvalue weighted by Crippen LogP contribution is 2.38. The molecule has 1 N–H and O–H groups in total. The molecule has 0 amide bonds. The number of ether oxygens (including phenoxy) is 4. The van der Waals surface area contributed by atoms with Crippen molar-refractivity contribution in [1.82, 2.24) is 9.79 Å². The Hall–Kier alpha value is -2.53. The molecule has 2 unspecified atom stereocenters. The molecule has 0 aromatic heterocycles. The lowest BCUT2D eigenvalue weighted by molar-refractivity contribution is -0.110. The molecular formula is C20H24N2O7S. The number of sulfonamides is 1. The number of methoxy groups -OCH3 is 2. The molecule has 2 aliphatic rings. The van der Waals surface area contributed by atoms with Crippen LogP contribution in [0.3, 0.4) is 0 Å². The van der Waals surface area contributed by atoms with Gasteiger partial charge >= 0.3 is 0 Å². The molecule has 2 atom stereocenters. The number of fused-ring (bicyclic) bond motifs is 1. The van der Waals surface area contributed by atoms with Gasteiger partial charge < -0.3 is 18.9 Å². The number of nitrogens with zero attached hydrogens (tertiary/aromatic N) is 1. The largest absolute Gasteiger partial charge is 0.493 e. The van der Waals surface area contributed by atoms with Gasteiger partial charge in [0.2, 0.25) is 16.8 Å². The fourth-order valence-electron chi connectivity index (χ4n) is 3.66. The van der Waals surface area contributed by atoms with Gasteiger partial charge in [-0.25, -0.2) is 13.1 Å². The van der Waals surface area contributed by atoms with Crippen molar-refractivity contribution >= 4 is 10.0 Å². The van der Waals surface area contributed by atoms with Gasteiger partial charge in [0.1, 0.15) is 5.25 Å². The highest BCUT2D eigenvalue weighted by Gasteiger charge is 2.43. The standard InChI is InChI=1S/C20H24N2O7S/c1-22-20(14-5-7-15(25-2)17(9-14)26-3)19(11-29-22)30(23,24)21-10-13-4-6-16-18(8-13)28-12-27-16/h4-9,19-21H,10-12H2,1-3H3. The lowest BCUT2D eigenvalue weighted by atomic mass is 10.0. The molecule has 2 aromatic carbocycles. The third kappa shape index (κ3) is 3.91. The van der Waals surface area contributed by atoms with Crippen LogP contribution in [-0.2, 0) is 21.4 Å². The molecule has 0 spiro atoms. The molecule has 2 aliphatic heterocycles. The maximum Gasteiger partial charge on any atom is 0.231 e. The average Bonchev–Trinajstić information content (AvgIpc) is 3.38. The summed E-state index contributed by atoms with van der Waals surface area (Å²) in [4.78, 5) is 5.57. The van der Waals surface area contributed by atoms with Crippen molar-refractivity contribution in [3.8, 4) is 23.0 Å². The normalized spacial score (nSPS) is 21.0. The van der Waals surface area contributed by atoms with E-state index in [0.29, 0.717) is 23.0 Å². The summed E-state index contributed by atoms with van der Waals surface area (Å²) in [5.74, 6) is 2.36. The van der Waals surface area contributed by atoms with Crippen LogP contribution in [0.5, 0.6) is 23.0 Å². The summed E-state index contributed by atoms with van der Waals surface area (Å²) in [6.45, 7) is 0.354. The van der Waals surface area contributed by atoms with Crippen molar-refractivity contribution < 1.29 is 32.2 Å². The number of hydrogen-bond acceptors (Lipinski definition) is 8. The van der Waals surface area contributed by atoms with Crippen LogP contribution in [0.2, 0.25) is 0 Å². The van der Waals surface area contributed by atoms with E-state index in [4.69, 9.17) is 23.8 Å². The summed E-state index contributed by atoms with van der Waals surface area (Å²) in [6.07, 6.45) is 0. The molecule has 0 radical (unpaired) electrons. The first-order valence-corrected chi connectivity index (χ1v) is 10.9. The Balaban J connectivity index is 1.54. The molecular weight excluding hydrogens is 412 g/mol. The van der Waals surface area contributed by atoms with E-state index in [1.807, 2.05) is 6.07 Å². The summed E-state index contributed by atoms with van der Waals surface area (Å²) >= 11 is 0. The summed E-state index contributed by atoms with van der Waals surface area (Å²) < 4.78 is 50.2. The van der Waals surface area contributed by atoms with Crippen molar-refractivity contribution in [3.63, 3.8) is 0 Å². The molecule has 10 heteroatoms. The number of rotatable bonds is 7. The smallest absolute Gasteiger partial charge is 0.231 e. The lowest BCUT2D eigenvalue weighted by Crippen LogP contribution is -2.39. The Morgan fingerprint density at radius 2 is 1.83 bits per heavy atom. The van der Waals surface area contributed by atoms with Gasteiger partial charge in [-0.2, -0.15) is 5.06 Å². The summed E-state index contributed by atoms with van der Waals surface area (Å²) in [6, 6.07) is 10.2. The minimum absolute atomic E-state index is 0.0476. The molecule has 1 saturated heterocycles. The van der Waals surface area contributed by atoms with Crippen molar-refractivity contribution in [1.29, 1.82) is 0 Å². The van der Waals surface area contributed by atoms with E-state index in [2.05, 4.69) is 4.72 Å². The van der Waals surface area contributed by atoms with Gasteiger partial charge in [0.15, 0.2) is 23.0 Å². The van der Waals surface area contributed by atoms with Gasteiger partial charge in [0, 0.05) is 13.6 Å². The predicted molar refractivity (Wildman–Crippen MR) is 108 cm³/mol. The Kier molecular flexibility index (Phi) is 5.74. The van der Waals surface area contributed by atoms with Crippen LogP contribution in [0.4, 0.5) is 0 Å². The highest BCUT2D eigenvalue weighted by atomic mass is 32.2. The topological polar surface area (TPSA) is 95.6 Å². The average molecular weight is 436 g/mol. The predicted octanol–water partition coefficient (Wildman–Crippen LogP) is 1.84. The van der Waals surface area contributed by atoms with Gasteiger partial charge in [0.05, 0.1) is 26.9 Å². The monoisotopic (exact) mass is 436 g/mol. The third-order valence-electron chi connectivity index (χ3n) is 5.25. The second-order valence-electron chi connectivity index (χ2n) is 6.99. The van der Waals surface area contributed by atoms with Crippen LogP contribution in [0, 0.1) is 0 Å². The Morgan fingerprint density at radius 1 is 1.07 bits per heavy atom. The maximum absolute atomic E-state index is 13.1. The summed E-state index contributed by atoms with van der Waals surface area (Å²) in [5, 5.41) is 0.765. The van der Waals surface area contributed by atoms with Crippen LogP contribution in [-0.4, -0.2) is 53.4 Å². The zero-order valence-corrected chi connectivity index (χ0v) is 17.8. The van der Waals surface area contributed by atoms with Crippen molar-refractivity contribution in [3.05, 3.63) is 47.5 Å². The Labute approximate surface area is 175 Å². The van der Waals surface area contributed by atoms with Gasteiger partial charge in [-0.3, -0.25) is 4.84 Å². The highest BCUT2D eigenvalue weighted by molar-refractivity contribution is 7.90. The molecule has 0 saturated carbocycles. The van der Waals surface area contributed by atoms with Crippen LogP contribution in [0.25, 0.3) is 0 Å². The van der Waals surface area contributed by atoms with E-state index in [-0.39, 0.29) is 19.9 Å². The molecule has 2 aromatic rings. The SMILES string of the molecule is COc1ccc(C2C(S(=O)(=O)NCc3ccc4c(c3)OCO4)CON2C)cc1OC. The summed E-state index contributed by atoms with van der Waals surface area (Å²) in [5.41, 5.74) is 1.53. The zero-order valence-electron chi connectivity index (χ0n) is 17.0. The Bertz CT molecular complexity index is 1030. The first-order chi connectivity index (χ1) is 14.4. The van der Waals surface area contributed by atoms with Gasteiger partial charge in [-0.05, 0) is 35.4 Å². The lowest BCUT2D eigenvalue weighted by Gasteiger charge is -2.24. The van der Waals surface area contributed by atoms with Crippen LogP contribution in [0.1, 0.15) is 17.2 Å². The van der Waals surface area contributed by atoms with E-state index in [9.17, 15) is 8.42 Å². The zero-order chi connectivity index (χ0) is 21.3. The molecule has 30 heavy (non-hydrogen) atoms. The van der Waals surface area contributed by atoms with E-state index in [1.54, 1.807) is 49.6 Å². The van der Waals surface area contributed by atoms with E-state index < -0.39 is 21.3 Å². The number of hydroxylamine groups is 2. The van der Waals surface area contributed by atoms with Crippen molar-refractivity contribution in [2.45, 2.75) is 17.8 Å². The third-order valence-corrected chi connectivity index (χ3v) is 6.99. The van der Waals surface area contributed by atoms with Crippen molar-refractivity contribution in [2.75, 3.05) is 34.7 Å². The Morgan fingerprint density at radius 3 is 2.60 bits per heavy atom. The first-order valence-electron chi connectivity index (χ1n) is 9.37. The van der Waals surface area contributed by atoms with Crippen LogP contribution < -0.4 is 23.7 Å². The van der Waals surface area contributed by atoms with E-state index in [1.165, 1.54) is 7.11 Å². The second-order valence-corrected chi connectivity index (χ2v) is 8.98. The minimum Gasteiger partial charge on any atom is -0.493 e. The molecule has 4 rings (SSSR count). The molecule has 1 fully saturated rings. The number of hydrogen-bond donors (Lipinski definition) is 1. The van der Waals surface area contributed by atoms with E-state index in [0.717, 1.165) is 11.1 Å². The fraction of sp³-hybridized carbons (Fsp3) is 0.400. The quantitative estimate of drug-likeness (QED) is 0.703. The number of nitrogens with one attached hydrogen (secondary N) is 1. The minimum atomic E-state index is -3.70. The fourth-order valence-corrected chi connectivity index (χ4v) is 5.15. The van der Waals surface area contributed by atoms with Crippen LogP contribution >= 0.6 is 0 Å². The van der Waals surface area contributed by atoms with Gasteiger partial charge in [0.25, 0.3) is 0 Å².